The molecule has 0 aliphatic carbocycles. The van der Waals surface area contributed by atoms with Gasteiger partial charge in [-0.15, -0.1) is 0 Å². The summed E-state index contributed by atoms with van der Waals surface area (Å²) in [6.07, 6.45) is 1.82. The molecule has 170 valence electrons. The van der Waals surface area contributed by atoms with Crippen LogP contribution in [0.25, 0.3) is 0 Å². The van der Waals surface area contributed by atoms with Crippen molar-refractivity contribution in [3.8, 4) is 0 Å². The van der Waals surface area contributed by atoms with Crippen LogP contribution in [0, 0.1) is 5.92 Å². The van der Waals surface area contributed by atoms with Gasteiger partial charge in [-0.25, -0.2) is 8.42 Å². The standard InChI is InChI=1S/C24H29N3O4S/c1-24(2,3)26-16-18(15-22(26)28)23(29)25-19-10-12-20(13-11-19)32(30,31)27-14-6-8-17-7-4-5-9-21(17)27/h4-5,7,9-13,18H,6,8,14-16H2,1-3H3,(H,25,29). The maximum atomic E-state index is 13.3. The summed E-state index contributed by atoms with van der Waals surface area (Å²) < 4.78 is 28.0. The second-order valence-electron chi connectivity index (χ2n) is 9.40. The zero-order valence-electron chi connectivity index (χ0n) is 18.7. The molecule has 1 N–H and O–H groups in total. The van der Waals surface area contributed by atoms with Gasteiger partial charge >= 0.3 is 0 Å². The number of rotatable bonds is 4. The fraction of sp³-hybridized carbons (Fsp3) is 0.417. The zero-order chi connectivity index (χ0) is 23.1. The topological polar surface area (TPSA) is 86.8 Å². The van der Waals surface area contributed by atoms with E-state index in [1.165, 1.54) is 16.4 Å². The van der Waals surface area contributed by atoms with Crippen molar-refractivity contribution in [3.63, 3.8) is 0 Å². The first-order valence-electron chi connectivity index (χ1n) is 10.9. The SMILES string of the molecule is CC(C)(C)N1CC(C(=O)Nc2ccc(S(=O)(=O)N3CCCc4ccccc43)cc2)CC1=O. The Bertz CT molecular complexity index is 1140. The summed E-state index contributed by atoms with van der Waals surface area (Å²) >= 11 is 0. The molecule has 2 aliphatic rings. The second kappa shape index (κ2) is 8.24. The molecule has 4 rings (SSSR count). The molecule has 0 bridgehead atoms. The normalized spacial score (nSPS) is 19.1. The molecule has 1 saturated heterocycles. The first-order valence-corrected chi connectivity index (χ1v) is 12.3. The van der Waals surface area contributed by atoms with Crippen molar-refractivity contribution in [2.24, 2.45) is 5.92 Å². The van der Waals surface area contributed by atoms with Gasteiger partial charge in [0.05, 0.1) is 16.5 Å². The van der Waals surface area contributed by atoms with E-state index in [9.17, 15) is 18.0 Å². The number of carbonyl (C=O) groups is 2. The lowest BCUT2D eigenvalue weighted by Crippen LogP contribution is -2.42. The Labute approximate surface area is 189 Å². The quantitative estimate of drug-likeness (QED) is 0.765. The molecule has 32 heavy (non-hydrogen) atoms. The monoisotopic (exact) mass is 455 g/mol. The van der Waals surface area contributed by atoms with E-state index < -0.39 is 15.9 Å². The third kappa shape index (κ3) is 4.24. The number of anilines is 2. The van der Waals surface area contributed by atoms with Gasteiger partial charge in [-0.05, 0) is 69.5 Å². The summed E-state index contributed by atoms with van der Waals surface area (Å²) in [6, 6.07) is 13.8. The molecule has 0 saturated carbocycles. The summed E-state index contributed by atoms with van der Waals surface area (Å²) in [5.74, 6) is -0.679. The number of para-hydroxylation sites is 1. The molecule has 1 fully saturated rings. The number of hydrogen-bond acceptors (Lipinski definition) is 4. The smallest absolute Gasteiger partial charge is 0.264 e. The van der Waals surface area contributed by atoms with Gasteiger partial charge in [0.2, 0.25) is 11.8 Å². The first kappa shape index (κ1) is 22.3. The van der Waals surface area contributed by atoms with Gasteiger partial charge in [0.15, 0.2) is 0 Å². The number of nitrogens with zero attached hydrogens (tertiary/aromatic N) is 2. The van der Waals surface area contributed by atoms with Gasteiger partial charge in [0, 0.05) is 30.7 Å². The summed E-state index contributed by atoms with van der Waals surface area (Å²) in [4.78, 5) is 26.8. The zero-order valence-corrected chi connectivity index (χ0v) is 19.5. The average molecular weight is 456 g/mol. The minimum atomic E-state index is -3.70. The van der Waals surface area contributed by atoms with Gasteiger partial charge in [0.25, 0.3) is 10.0 Å². The van der Waals surface area contributed by atoms with Gasteiger partial charge in [-0.3, -0.25) is 13.9 Å². The third-order valence-corrected chi connectivity index (χ3v) is 7.91. The van der Waals surface area contributed by atoms with Gasteiger partial charge in [0.1, 0.15) is 0 Å². The van der Waals surface area contributed by atoms with E-state index in [4.69, 9.17) is 0 Å². The summed E-state index contributed by atoms with van der Waals surface area (Å²) in [6.45, 7) is 6.67. The van der Waals surface area contributed by atoms with Crippen molar-refractivity contribution in [3.05, 3.63) is 54.1 Å². The molecule has 0 radical (unpaired) electrons. The van der Waals surface area contributed by atoms with Crippen molar-refractivity contribution in [1.29, 1.82) is 0 Å². The van der Waals surface area contributed by atoms with E-state index >= 15 is 0 Å². The van der Waals surface area contributed by atoms with Crippen LogP contribution in [0.5, 0.6) is 0 Å². The molecule has 0 aromatic heterocycles. The molecule has 2 aromatic carbocycles. The number of fused-ring (bicyclic) bond motifs is 1. The number of likely N-dealkylation sites (tertiary alicyclic amines) is 1. The molecule has 2 aliphatic heterocycles. The number of benzene rings is 2. The van der Waals surface area contributed by atoms with Crippen LogP contribution in [0.15, 0.2) is 53.4 Å². The molecule has 8 heteroatoms. The van der Waals surface area contributed by atoms with Crippen molar-refractivity contribution >= 4 is 33.2 Å². The maximum absolute atomic E-state index is 13.3. The number of amides is 2. The maximum Gasteiger partial charge on any atom is 0.264 e. The van der Waals surface area contributed by atoms with Crippen LogP contribution in [0.3, 0.4) is 0 Å². The van der Waals surface area contributed by atoms with Crippen LogP contribution in [-0.4, -0.2) is 43.8 Å². The van der Waals surface area contributed by atoms with Gasteiger partial charge < -0.3 is 10.2 Å². The Kier molecular flexibility index (Phi) is 5.75. The lowest BCUT2D eigenvalue weighted by atomic mass is 10.0. The van der Waals surface area contributed by atoms with Gasteiger partial charge in [-0.2, -0.15) is 0 Å². The van der Waals surface area contributed by atoms with E-state index in [1.807, 2.05) is 45.0 Å². The molecular weight excluding hydrogens is 426 g/mol. The number of carbonyl (C=O) groups excluding carboxylic acids is 2. The average Bonchev–Trinajstić information content (AvgIpc) is 3.16. The molecule has 0 spiro atoms. The van der Waals surface area contributed by atoms with Crippen LogP contribution in [-0.2, 0) is 26.0 Å². The summed E-state index contributed by atoms with van der Waals surface area (Å²) in [5.41, 5.74) is 1.94. The Morgan fingerprint density at radius 2 is 1.75 bits per heavy atom. The minimum absolute atomic E-state index is 0.0269. The molecular formula is C24H29N3O4S. The number of sulfonamides is 1. The molecule has 1 atom stereocenters. The number of nitrogens with one attached hydrogen (secondary N) is 1. The van der Waals surface area contributed by atoms with E-state index in [1.54, 1.807) is 17.0 Å². The lowest BCUT2D eigenvalue weighted by molar-refractivity contribution is -0.131. The van der Waals surface area contributed by atoms with Crippen LogP contribution < -0.4 is 9.62 Å². The number of hydrogen-bond donors (Lipinski definition) is 1. The predicted octanol–water partition coefficient (Wildman–Crippen LogP) is 3.41. The number of aryl methyl sites for hydroxylation is 1. The largest absolute Gasteiger partial charge is 0.337 e. The van der Waals surface area contributed by atoms with Crippen molar-refractivity contribution in [2.75, 3.05) is 22.7 Å². The highest BCUT2D eigenvalue weighted by Crippen LogP contribution is 2.32. The minimum Gasteiger partial charge on any atom is -0.337 e. The Morgan fingerprint density at radius 3 is 2.41 bits per heavy atom. The fourth-order valence-electron chi connectivity index (χ4n) is 4.36. The second-order valence-corrected chi connectivity index (χ2v) is 11.3. The van der Waals surface area contributed by atoms with E-state index in [0.29, 0.717) is 18.8 Å². The molecule has 2 amide bonds. The van der Waals surface area contributed by atoms with Crippen molar-refractivity contribution < 1.29 is 18.0 Å². The third-order valence-electron chi connectivity index (χ3n) is 6.08. The van der Waals surface area contributed by atoms with E-state index in [2.05, 4.69) is 5.32 Å². The highest BCUT2D eigenvalue weighted by atomic mass is 32.2. The molecule has 7 nitrogen and oxygen atoms in total. The van der Waals surface area contributed by atoms with Gasteiger partial charge in [-0.1, -0.05) is 18.2 Å². The Balaban J connectivity index is 1.47. The van der Waals surface area contributed by atoms with Crippen LogP contribution >= 0.6 is 0 Å². The lowest BCUT2D eigenvalue weighted by Gasteiger charge is -2.31. The first-order chi connectivity index (χ1) is 15.1. The predicted molar refractivity (Wildman–Crippen MR) is 124 cm³/mol. The summed E-state index contributed by atoms with van der Waals surface area (Å²) in [5, 5.41) is 2.82. The van der Waals surface area contributed by atoms with Crippen molar-refractivity contribution in [2.45, 2.75) is 50.5 Å². The Morgan fingerprint density at radius 1 is 1.06 bits per heavy atom. The molecule has 2 heterocycles. The molecule has 2 aromatic rings. The molecule has 1 unspecified atom stereocenters. The van der Waals surface area contributed by atoms with Crippen LogP contribution in [0.4, 0.5) is 11.4 Å². The highest BCUT2D eigenvalue weighted by molar-refractivity contribution is 7.92. The van der Waals surface area contributed by atoms with E-state index in [0.717, 1.165) is 24.1 Å². The van der Waals surface area contributed by atoms with Crippen molar-refractivity contribution in [1.82, 2.24) is 4.90 Å². The fourth-order valence-corrected chi connectivity index (χ4v) is 5.90. The van der Waals surface area contributed by atoms with Crippen LogP contribution in [0.2, 0.25) is 0 Å². The summed E-state index contributed by atoms with van der Waals surface area (Å²) in [7, 11) is -3.70. The highest BCUT2D eigenvalue weighted by Gasteiger charge is 2.39. The van der Waals surface area contributed by atoms with E-state index in [-0.39, 0.29) is 28.7 Å². The Hall–Kier alpha value is -2.87. The van der Waals surface area contributed by atoms with Crippen LogP contribution in [0.1, 0.15) is 39.2 Å².